The first-order chi connectivity index (χ1) is 21.8. The molecule has 0 spiro atoms. The third kappa shape index (κ3) is 13.1. The summed E-state index contributed by atoms with van der Waals surface area (Å²) >= 11 is 5.89. The van der Waals surface area contributed by atoms with Gasteiger partial charge < -0.3 is 0 Å². The summed E-state index contributed by atoms with van der Waals surface area (Å²) in [6.45, 7) is 15.9. The Morgan fingerprint density at radius 1 is 0.543 bits per heavy atom. The molecule has 0 saturated carbocycles. The van der Waals surface area contributed by atoms with E-state index in [-0.39, 0.29) is 11.5 Å². The number of pyridine rings is 3. The third-order valence-electron chi connectivity index (χ3n) is 5.92. The molecule has 4 aromatic heterocycles. The summed E-state index contributed by atoms with van der Waals surface area (Å²) in [6.07, 6.45) is 7.62. The lowest BCUT2D eigenvalue weighted by Gasteiger charge is -2.05. The highest BCUT2D eigenvalue weighted by atomic mass is 35.5. The fourth-order valence-corrected chi connectivity index (χ4v) is 3.76. The Morgan fingerprint density at radius 2 is 1.00 bits per heavy atom. The largest absolute Gasteiger partial charge is 0.260 e. The fraction of sp³-hybridized carbons (Fsp3) is 0.343. The van der Waals surface area contributed by atoms with Crippen molar-refractivity contribution < 1.29 is 4.39 Å². The first-order valence-corrected chi connectivity index (χ1v) is 14.8. The Kier molecular flexibility index (Phi) is 16.7. The Morgan fingerprint density at radius 3 is 1.37 bits per heavy atom. The van der Waals surface area contributed by atoms with Crippen LogP contribution in [0.5, 0.6) is 0 Å². The number of aromatic nitrogens is 5. The van der Waals surface area contributed by atoms with Crippen LogP contribution in [0.15, 0.2) is 55.2 Å². The molecule has 0 N–H and O–H groups in total. The lowest BCUT2D eigenvalue weighted by molar-refractivity contribution is 0.584. The Bertz CT molecular complexity index is 1580. The molecule has 0 aromatic carbocycles. The minimum atomic E-state index is -0.399. The molecule has 46 heavy (non-hydrogen) atoms. The van der Waals surface area contributed by atoms with E-state index >= 15 is 0 Å². The van der Waals surface area contributed by atoms with Crippen LogP contribution in [0.2, 0.25) is 5.02 Å². The molecule has 0 fully saturated rings. The summed E-state index contributed by atoms with van der Waals surface area (Å²) in [5.41, 5.74) is 4.18. The van der Waals surface area contributed by atoms with E-state index in [9.17, 15) is 4.39 Å². The molecule has 0 radical (unpaired) electrons. The van der Waals surface area contributed by atoms with E-state index in [1.165, 1.54) is 12.3 Å². The van der Waals surface area contributed by atoms with Gasteiger partial charge in [0, 0.05) is 42.6 Å². The van der Waals surface area contributed by atoms with Crippen LogP contribution in [-0.4, -0.2) is 24.9 Å². The van der Waals surface area contributed by atoms with Crippen LogP contribution >= 0.6 is 11.6 Å². The van der Waals surface area contributed by atoms with E-state index in [4.69, 9.17) is 32.6 Å². The van der Waals surface area contributed by atoms with Gasteiger partial charge >= 0.3 is 0 Å². The SMILES string of the molecule is CC(C)c1ccc(C#N)cn1.CC(C)c1ncc(C#N)cc1Cl.CC(C)c1ncc(C#N)cc1F.CC(C)c1ncc(C#N)cn1. The molecule has 0 saturated heterocycles. The van der Waals surface area contributed by atoms with Crippen molar-refractivity contribution in [1.29, 1.82) is 21.0 Å². The smallest absolute Gasteiger partial charge is 0.146 e. The van der Waals surface area contributed by atoms with Gasteiger partial charge in [0.15, 0.2) is 0 Å². The number of nitrogens with zero attached hydrogens (tertiary/aromatic N) is 9. The molecule has 0 atom stereocenters. The topological polar surface area (TPSA) is 160 Å². The van der Waals surface area contributed by atoms with Crippen molar-refractivity contribution >= 4 is 11.6 Å². The molecule has 4 rings (SSSR count). The lowest BCUT2D eigenvalue weighted by Crippen LogP contribution is -1.97. The molecule has 0 aliphatic carbocycles. The Labute approximate surface area is 276 Å². The van der Waals surface area contributed by atoms with Crippen LogP contribution in [0, 0.1) is 51.1 Å². The second-order valence-corrected chi connectivity index (χ2v) is 11.5. The van der Waals surface area contributed by atoms with Gasteiger partial charge in [-0.05, 0) is 42.0 Å². The van der Waals surface area contributed by atoms with Crippen LogP contribution in [0.4, 0.5) is 4.39 Å². The van der Waals surface area contributed by atoms with Gasteiger partial charge in [0.1, 0.15) is 35.9 Å². The predicted octanol–water partition coefficient (Wildman–Crippen LogP) is 8.49. The maximum absolute atomic E-state index is 13.1. The van der Waals surface area contributed by atoms with Crippen molar-refractivity contribution in [2.75, 3.05) is 0 Å². The summed E-state index contributed by atoms with van der Waals surface area (Å²) in [5.74, 6) is 1.49. The maximum Gasteiger partial charge on any atom is 0.146 e. The molecule has 11 heteroatoms. The van der Waals surface area contributed by atoms with Crippen molar-refractivity contribution in [3.05, 3.63) is 111 Å². The normalized spacial score (nSPS) is 9.78. The van der Waals surface area contributed by atoms with Crippen LogP contribution in [0.3, 0.4) is 0 Å². The Balaban J connectivity index is 0.000000307. The van der Waals surface area contributed by atoms with Crippen molar-refractivity contribution in [2.24, 2.45) is 0 Å². The van der Waals surface area contributed by atoms with E-state index in [1.54, 1.807) is 36.9 Å². The number of nitriles is 4. The second kappa shape index (κ2) is 19.9. The van der Waals surface area contributed by atoms with Gasteiger partial charge in [0.05, 0.1) is 38.7 Å². The molecule has 0 aliphatic rings. The predicted molar refractivity (Wildman–Crippen MR) is 175 cm³/mol. The van der Waals surface area contributed by atoms with Gasteiger partial charge in [-0.15, -0.1) is 0 Å². The zero-order valence-corrected chi connectivity index (χ0v) is 28.0. The number of hydrogen-bond acceptors (Lipinski definition) is 9. The monoisotopic (exact) mass is 637 g/mol. The van der Waals surface area contributed by atoms with Gasteiger partial charge in [0.2, 0.25) is 0 Å². The van der Waals surface area contributed by atoms with Gasteiger partial charge in [-0.2, -0.15) is 21.0 Å². The molecule has 0 unspecified atom stereocenters. The first-order valence-electron chi connectivity index (χ1n) is 14.5. The fourth-order valence-electron chi connectivity index (χ4n) is 3.38. The van der Waals surface area contributed by atoms with Crippen molar-refractivity contribution in [3.63, 3.8) is 0 Å². The molecule has 0 amide bonds. The van der Waals surface area contributed by atoms with Crippen LogP contribution in [0.25, 0.3) is 0 Å². The van der Waals surface area contributed by atoms with Crippen molar-refractivity contribution in [1.82, 2.24) is 24.9 Å². The first kappa shape index (κ1) is 38.7. The molecular weight excluding hydrogens is 601 g/mol. The summed E-state index contributed by atoms with van der Waals surface area (Å²) in [5, 5.41) is 34.5. The molecule has 0 bridgehead atoms. The quantitative estimate of drug-likeness (QED) is 0.214. The van der Waals surface area contributed by atoms with E-state index in [1.807, 2.05) is 71.9 Å². The Hall–Kier alpha value is -5.29. The minimum Gasteiger partial charge on any atom is -0.260 e. The zero-order chi connectivity index (χ0) is 34.8. The molecule has 0 aliphatic heterocycles. The van der Waals surface area contributed by atoms with Gasteiger partial charge in [0.25, 0.3) is 0 Å². The molecular formula is C35H37ClFN9. The average Bonchev–Trinajstić information content (AvgIpc) is 3.05. The summed E-state index contributed by atoms with van der Waals surface area (Å²) < 4.78 is 13.1. The van der Waals surface area contributed by atoms with E-state index in [0.29, 0.717) is 45.2 Å². The number of rotatable bonds is 4. The maximum atomic E-state index is 13.1. The molecule has 9 nitrogen and oxygen atoms in total. The number of halogens is 2. The third-order valence-corrected chi connectivity index (χ3v) is 6.22. The lowest BCUT2D eigenvalue weighted by atomic mass is 10.1. The van der Waals surface area contributed by atoms with E-state index < -0.39 is 5.82 Å². The van der Waals surface area contributed by atoms with Crippen molar-refractivity contribution in [3.8, 4) is 24.3 Å². The van der Waals surface area contributed by atoms with Crippen LogP contribution in [-0.2, 0) is 0 Å². The minimum absolute atomic E-state index is 0.0535. The van der Waals surface area contributed by atoms with Crippen LogP contribution in [0.1, 0.15) is 124 Å². The second-order valence-electron chi connectivity index (χ2n) is 11.0. The average molecular weight is 638 g/mol. The van der Waals surface area contributed by atoms with Gasteiger partial charge in [-0.3, -0.25) is 15.0 Å². The van der Waals surface area contributed by atoms with E-state index in [0.717, 1.165) is 17.2 Å². The standard InChI is InChI=1S/C9H9ClN2.C9H9FN2.C9H10N2.C8H9N3/c2*1-6(2)9-8(10)3-7(4-11)5-12-9;1-7(2)9-4-3-8(5-10)6-11-9;1-6(2)8-10-4-7(3-9)5-11-8/h2*3,5-6H,1-2H3;3-4,6-7H,1-2H3;4-6H,1-2H3. The van der Waals surface area contributed by atoms with E-state index in [2.05, 4.69) is 38.8 Å². The zero-order valence-electron chi connectivity index (χ0n) is 27.3. The summed E-state index contributed by atoms with van der Waals surface area (Å²) in [6, 6.07) is 14.4. The van der Waals surface area contributed by atoms with Gasteiger partial charge in [-0.1, -0.05) is 67.0 Å². The number of hydrogen-bond donors (Lipinski definition) is 0. The highest BCUT2D eigenvalue weighted by Crippen LogP contribution is 2.22. The van der Waals surface area contributed by atoms with Crippen LogP contribution < -0.4 is 0 Å². The van der Waals surface area contributed by atoms with Crippen molar-refractivity contribution in [2.45, 2.75) is 79.1 Å². The summed E-state index contributed by atoms with van der Waals surface area (Å²) in [7, 11) is 0. The summed E-state index contributed by atoms with van der Waals surface area (Å²) in [4.78, 5) is 20.1. The molecule has 4 heterocycles. The molecule has 4 aromatic rings. The highest BCUT2D eigenvalue weighted by Gasteiger charge is 2.08. The highest BCUT2D eigenvalue weighted by molar-refractivity contribution is 6.31. The molecule has 236 valence electrons. The van der Waals surface area contributed by atoms with Gasteiger partial charge in [-0.25, -0.2) is 14.4 Å².